The Morgan fingerprint density at radius 1 is 0.861 bits per heavy atom. The number of fused-ring (bicyclic) bond motifs is 1. The van der Waals surface area contributed by atoms with E-state index >= 15 is 0 Å². The first-order valence-corrected chi connectivity index (χ1v) is 14.1. The summed E-state index contributed by atoms with van der Waals surface area (Å²) in [6.45, 7) is 4.71. The summed E-state index contributed by atoms with van der Waals surface area (Å²) in [6, 6.07) is 16.4. The second-order valence-electron chi connectivity index (χ2n) is 11.6. The van der Waals surface area contributed by atoms with Gasteiger partial charge in [-0.3, -0.25) is 0 Å². The van der Waals surface area contributed by atoms with E-state index in [2.05, 4.69) is 54.3 Å². The molecule has 0 radical (unpaired) electrons. The highest BCUT2D eigenvalue weighted by atomic mass is 16.7. The average molecular weight is 492 g/mol. The van der Waals surface area contributed by atoms with E-state index in [1.165, 1.54) is 60.9 Å². The van der Waals surface area contributed by atoms with E-state index in [-0.39, 0.29) is 6.29 Å². The predicted octanol–water partition coefficient (Wildman–Crippen LogP) is 7.20. The zero-order valence-corrected chi connectivity index (χ0v) is 22.8. The lowest BCUT2D eigenvalue weighted by atomic mass is 9.55. The number of ether oxygens (including phenoxy) is 3. The Balaban J connectivity index is 1.41. The molecule has 3 aliphatic rings. The van der Waals surface area contributed by atoms with Gasteiger partial charge in [0.05, 0.1) is 7.11 Å². The molecule has 2 atom stereocenters. The van der Waals surface area contributed by atoms with E-state index in [4.69, 9.17) is 14.2 Å². The van der Waals surface area contributed by atoms with Gasteiger partial charge in [0, 0.05) is 44.8 Å². The summed E-state index contributed by atoms with van der Waals surface area (Å²) in [5, 5.41) is 0. The molecule has 0 aromatic heterocycles. The normalized spacial score (nSPS) is 25.7. The van der Waals surface area contributed by atoms with Crippen LogP contribution in [-0.4, -0.2) is 40.7 Å². The van der Waals surface area contributed by atoms with Crippen molar-refractivity contribution in [1.82, 2.24) is 0 Å². The molecule has 2 aliphatic carbocycles. The summed E-state index contributed by atoms with van der Waals surface area (Å²) in [4.78, 5) is 2.53. The van der Waals surface area contributed by atoms with Gasteiger partial charge in [-0.2, -0.15) is 0 Å². The van der Waals surface area contributed by atoms with E-state index in [0.717, 1.165) is 44.0 Å². The molecule has 5 rings (SSSR count). The van der Waals surface area contributed by atoms with Gasteiger partial charge in [-0.1, -0.05) is 44.4 Å². The zero-order valence-electron chi connectivity index (χ0n) is 22.8. The highest BCUT2D eigenvalue weighted by Crippen LogP contribution is 2.56. The minimum absolute atomic E-state index is 0.0861. The molecule has 1 heterocycles. The van der Waals surface area contributed by atoms with Gasteiger partial charge in [0.25, 0.3) is 0 Å². The maximum Gasteiger partial charge on any atom is 0.159 e. The molecule has 2 aromatic carbocycles. The molecule has 0 bridgehead atoms. The molecule has 0 unspecified atom stereocenters. The number of methoxy groups -OCH3 is 3. The molecule has 2 fully saturated rings. The minimum atomic E-state index is -0.0861. The Kier molecular flexibility index (Phi) is 7.93. The number of anilines is 1. The molecule has 4 nitrogen and oxygen atoms in total. The highest BCUT2D eigenvalue weighted by molar-refractivity contribution is 5.52. The smallest absolute Gasteiger partial charge is 0.159 e. The Hall–Kier alpha value is -2.04. The maximum atomic E-state index is 5.59. The van der Waals surface area contributed by atoms with Gasteiger partial charge < -0.3 is 19.1 Å². The Morgan fingerprint density at radius 2 is 1.56 bits per heavy atom. The molecule has 1 saturated carbocycles. The van der Waals surface area contributed by atoms with E-state index < -0.39 is 0 Å². The van der Waals surface area contributed by atoms with Crippen molar-refractivity contribution in [2.75, 3.05) is 39.3 Å². The third kappa shape index (κ3) is 4.91. The fraction of sp³-hybridized carbons (Fsp3) is 0.625. The Morgan fingerprint density at radius 3 is 2.19 bits per heavy atom. The fourth-order valence-electron chi connectivity index (χ4n) is 7.66. The fourth-order valence-corrected chi connectivity index (χ4v) is 7.66. The second-order valence-corrected chi connectivity index (χ2v) is 11.6. The summed E-state index contributed by atoms with van der Waals surface area (Å²) >= 11 is 0. The maximum absolute atomic E-state index is 5.59. The van der Waals surface area contributed by atoms with Crippen molar-refractivity contribution in [2.45, 2.75) is 76.9 Å². The van der Waals surface area contributed by atoms with Crippen LogP contribution in [0.1, 0.15) is 80.9 Å². The number of piperidine rings is 1. The number of hydrogen-bond donors (Lipinski definition) is 0. The predicted molar refractivity (Wildman–Crippen MR) is 147 cm³/mol. The lowest BCUT2D eigenvalue weighted by Crippen LogP contribution is -2.40. The summed E-state index contributed by atoms with van der Waals surface area (Å²) in [7, 11) is 5.28. The van der Waals surface area contributed by atoms with Gasteiger partial charge in [0.1, 0.15) is 5.75 Å². The summed E-state index contributed by atoms with van der Waals surface area (Å²) < 4.78 is 16.6. The van der Waals surface area contributed by atoms with Crippen LogP contribution in [0.4, 0.5) is 5.69 Å². The van der Waals surface area contributed by atoms with Crippen molar-refractivity contribution in [3.63, 3.8) is 0 Å². The number of rotatable bonds is 7. The number of benzene rings is 2. The first-order chi connectivity index (χ1) is 17.6. The minimum Gasteiger partial charge on any atom is -0.497 e. The standard InChI is InChI=1S/C32H45NO3/c1-32(26-8-6-5-7-9-26)19-16-25-22-28(34-2)14-15-29(25)30(32)23-10-12-27(13-11-23)33-20-17-24(18-21-33)31(35-3)36-4/h10-15,22,24,26,30-31H,5-9,16-21H2,1-4H3/t30-,32-/m0/s1. The van der Waals surface area contributed by atoms with Crippen LogP contribution in [0.25, 0.3) is 0 Å². The van der Waals surface area contributed by atoms with Gasteiger partial charge in [-0.05, 0) is 90.8 Å². The molecule has 2 aromatic rings. The van der Waals surface area contributed by atoms with Gasteiger partial charge in [-0.25, -0.2) is 0 Å². The molecule has 1 saturated heterocycles. The van der Waals surface area contributed by atoms with Gasteiger partial charge in [0.2, 0.25) is 0 Å². The molecular formula is C32H45NO3. The SMILES string of the molecule is COc1ccc2c(c1)CC[C@@](C)(C1CCCCC1)[C@H]2c1ccc(N2CCC(C(OC)OC)CC2)cc1. The molecule has 196 valence electrons. The van der Waals surface area contributed by atoms with Crippen molar-refractivity contribution in [1.29, 1.82) is 0 Å². The second kappa shape index (κ2) is 11.1. The highest BCUT2D eigenvalue weighted by Gasteiger charge is 2.45. The molecule has 0 amide bonds. The average Bonchev–Trinajstić information content (AvgIpc) is 2.94. The molecule has 0 N–H and O–H groups in total. The third-order valence-corrected chi connectivity index (χ3v) is 9.77. The first kappa shape index (κ1) is 25.6. The van der Waals surface area contributed by atoms with Crippen LogP contribution >= 0.6 is 0 Å². The van der Waals surface area contributed by atoms with Crippen LogP contribution in [0, 0.1) is 17.3 Å². The lowest BCUT2D eigenvalue weighted by molar-refractivity contribution is -0.141. The molecule has 0 spiro atoms. The largest absolute Gasteiger partial charge is 0.497 e. The monoisotopic (exact) mass is 491 g/mol. The summed E-state index contributed by atoms with van der Waals surface area (Å²) in [5.74, 6) is 2.71. The molecule has 4 heteroatoms. The first-order valence-electron chi connectivity index (χ1n) is 14.1. The molecule has 36 heavy (non-hydrogen) atoms. The number of hydrogen-bond acceptors (Lipinski definition) is 4. The van der Waals surface area contributed by atoms with Crippen LogP contribution in [0.3, 0.4) is 0 Å². The van der Waals surface area contributed by atoms with E-state index in [1.54, 1.807) is 21.3 Å². The van der Waals surface area contributed by atoms with Crippen LogP contribution in [0.5, 0.6) is 5.75 Å². The van der Waals surface area contributed by atoms with E-state index in [1.807, 2.05) is 0 Å². The topological polar surface area (TPSA) is 30.9 Å². The Bertz CT molecular complexity index is 987. The van der Waals surface area contributed by atoms with Crippen molar-refractivity contribution in [3.05, 3.63) is 59.2 Å². The zero-order chi connectivity index (χ0) is 25.1. The quantitative estimate of drug-likeness (QED) is 0.383. The summed E-state index contributed by atoms with van der Waals surface area (Å²) in [6.07, 6.45) is 11.5. The molecule has 1 aliphatic heterocycles. The number of aryl methyl sites for hydroxylation is 1. The van der Waals surface area contributed by atoms with E-state index in [9.17, 15) is 0 Å². The molecular weight excluding hydrogens is 446 g/mol. The van der Waals surface area contributed by atoms with Crippen molar-refractivity contribution < 1.29 is 14.2 Å². The van der Waals surface area contributed by atoms with Crippen LogP contribution in [-0.2, 0) is 15.9 Å². The van der Waals surface area contributed by atoms with Gasteiger partial charge >= 0.3 is 0 Å². The van der Waals surface area contributed by atoms with Crippen LogP contribution in [0.2, 0.25) is 0 Å². The van der Waals surface area contributed by atoms with Gasteiger partial charge in [0.15, 0.2) is 6.29 Å². The van der Waals surface area contributed by atoms with Gasteiger partial charge in [-0.15, -0.1) is 0 Å². The third-order valence-electron chi connectivity index (χ3n) is 9.77. The van der Waals surface area contributed by atoms with E-state index in [0.29, 0.717) is 17.3 Å². The number of nitrogens with zero attached hydrogens (tertiary/aromatic N) is 1. The summed E-state index contributed by atoms with van der Waals surface area (Å²) in [5.41, 5.74) is 6.12. The van der Waals surface area contributed by atoms with Crippen LogP contribution in [0.15, 0.2) is 42.5 Å². The van der Waals surface area contributed by atoms with Crippen LogP contribution < -0.4 is 9.64 Å². The van der Waals surface area contributed by atoms with Crippen molar-refractivity contribution in [2.24, 2.45) is 17.3 Å². The van der Waals surface area contributed by atoms with Crippen molar-refractivity contribution in [3.8, 4) is 5.75 Å². The Labute approximate surface area is 218 Å². The lowest BCUT2D eigenvalue weighted by Gasteiger charge is -2.49. The van der Waals surface area contributed by atoms with Crippen molar-refractivity contribution >= 4 is 5.69 Å².